The van der Waals surface area contributed by atoms with E-state index in [0.29, 0.717) is 13.2 Å². The molecule has 0 spiro atoms. The minimum absolute atomic E-state index is 0.241. The van der Waals surface area contributed by atoms with Gasteiger partial charge in [0.05, 0.1) is 24.3 Å². The van der Waals surface area contributed by atoms with Gasteiger partial charge in [-0.2, -0.15) is 0 Å². The van der Waals surface area contributed by atoms with Gasteiger partial charge >= 0.3 is 0 Å². The molecule has 4 heteroatoms. The number of aryl methyl sites for hydroxylation is 1. The molecular formula is C9H13NO2S. The van der Waals surface area contributed by atoms with Crippen LogP contribution in [-0.4, -0.2) is 29.4 Å². The fraction of sp³-hybridized carbons (Fsp3) is 0.667. The fourth-order valence-corrected chi connectivity index (χ4v) is 2.37. The summed E-state index contributed by atoms with van der Waals surface area (Å²) in [4.78, 5) is 4.36. The predicted molar refractivity (Wildman–Crippen MR) is 50.9 cm³/mol. The molecule has 1 fully saturated rings. The van der Waals surface area contributed by atoms with Crippen LogP contribution in [-0.2, 0) is 11.2 Å². The van der Waals surface area contributed by atoms with E-state index in [4.69, 9.17) is 4.74 Å². The van der Waals surface area contributed by atoms with Crippen LogP contribution in [0.25, 0.3) is 0 Å². The standard InChI is InChI=1S/C9H13NO2S/c1-6-5-13-9(10-6)2-7-3-12-4-8(7)11/h5,7-8,11H,2-4H2,1H3. The van der Waals surface area contributed by atoms with Crippen LogP contribution in [0.15, 0.2) is 5.38 Å². The molecule has 2 atom stereocenters. The maximum Gasteiger partial charge on any atom is 0.0932 e. The number of hydrogen-bond donors (Lipinski definition) is 1. The molecule has 72 valence electrons. The van der Waals surface area contributed by atoms with Crippen molar-refractivity contribution in [2.45, 2.75) is 19.4 Å². The minimum atomic E-state index is -0.302. The Morgan fingerprint density at radius 3 is 3.08 bits per heavy atom. The fourth-order valence-electron chi connectivity index (χ4n) is 1.50. The first-order valence-corrected chi connectivity index (χ1v) is 5.30. The summed E-state index contributed by atoms with van der Waals surface area (Å²) >= 11 is 1.66. The van der Waals surface area contributed by atoms with Crippen molar-refractivity contribution < 1.29 is 9.84 Å². The lowest BCUT2D eigenvalue weighted by atomic mass is 10.0. The first-order chi connectivity index (χ1) is 6.25. The van der Waals surface area contributed by atoms with Gasteiger partial charge in [0, 0.05) is 23.4 Å². The number of hydrogen-bond acceptors (Lipinski definition) is 4. The van der Waals surface area contributed by atoms with E-state index in [-0.39, 0.29) is 12.0 Å². The van der Waals surface area contributed by atoms with E-state index in [0.717, 1.165) is 17.1 Å². The van der Waals surface area contributed by atoms with Crippen molar-refractivity contribution in [2.24, 2.45) is 5.92 Å². The molecule has 0 aromatic carbocycles. The summed E-state index contributed by atoms with van der Waals surface area (Å²) < 4.78 is 5.18. The van der Waals surface area contributed by atoms with Gasteiger partial charge in [-0.1, -0.05) is 0 Å². The van der Waals surface area contributed by atoms with Crippen LogP contribution in [0.3, 0.4) is 0 Å². The average Bonchev–Trinajstić information content (AvgIpc) is 2.64. The molecule has 1 aromatic heterocycles. The molecule has 1 N–H and O–H groups in total. The van der Waals surface area contributed by atoms with E-state index in [1.165, 1.54) is 0 Å². The quantitative estimate of drug-likeness (QED) is 0.772. The largest absolute Gasteiger partial charge is 0.390 e. The average molecular weight is 199 g/mol. The second kappa shape index (κ2) is 3.74. The van der Waals surface area contributed by atoms with Gasteiger partial charge in [0.1, 0.15) is 0 Å². The van der Waals surface area contributed by atoms with Crippen molar-refractivity contribution in [1.82, 2.24) is 4.98 Å². The highest BCUT2D eigenvalue weighted by Gasteiger charge is 2.26. The highest BCUT2D eigenvalue weighted by Crippen LogP contribution is 2.20. The molecule has 1 aromatic rings. The first-order valence-electron chi connectivity index (χ1n) is 4.42. The van der Waals surface area contributed by atoms with E-state index < -0.39 is 0 Å². The van der Waals surface area contributed by atoms with Crippen molar-refractivity contribution in [1.29, 1.82) is 0 Å². The zero-order valence-corrected chi connectivity index (χ0v) is 8.38. The molecule has 0 amide bonds. The third-order valence-corrected chi connectivity index (χ3v) is 3.26. The second-order valence-corrected chi connectivity index (χ2v) is 4.39. The Bertz CT molecular complexity index is 287. The summed E-state index contributed by atoms with van der Waals surface area (Å²) in [7, 11) is 0. The smallest absolute Gasteiger partial charge is 0.0932 e. The highest BCUT2D eigenvalue weighted by molar-refractivity contribution is 7.09. The lowest BCUT2D eigenvalue weighted by Crippen LogP contribution is -2.19. The first kappa shape index (κ1) is 9.12. The summed E-state index contributed by atoms with van der Waals surface area (Å²) in [6.45, 7) is 3.14. The number of nitrogens with zero attached hydrogens (tertiary/aromatic N) is 1. The normalized spacial score (nSPS) is 28.2. The minimum Gasteiger partial charge on any atom is -0.390 e. The van der Waals surface area contributed by atoms with Gasteiger partial charge < -0.3 is 9.84 Å². The van der Waals surface area contributed by atoms with Gasteiger partial charge in [-0.3, -0.25) is 0 Å². The van der Waals surface area contributed by atoms with Gasteiger partial charge in [0.25, 0.3) is 0 Å². The molecule has 0 aliphatic carbocycles. The Hall–Kier alpha value is -0.450. The van der Waals surface area contributed by atoms with Crippen LogP contribution in [0.4, 0.5) is 0 Å². The molecule has 0 radical (unpaired) electrons. The van der Waals surface area contributed by atoms with Crippen LogP contribution in [0.5, 0.6) is 0 Å². The third-order valence-electron chi connectivity index (χ3n) is 2.27. The molecule has 3 nitrogen and oxygen atoms in total. The second-order valence-electron chi connectivity index (χ2n) is 3.45. The zero-order valence-electron chi connectivity index (χ0n) is 7.56. The van der Waals surface area contributed by atoms with E-state index in [2.05, 4.69) is 4.98 Å². The highest BCUT2D eigenvalue weighted by atomic mass is 32.1. The van der Waals surface area contributed by atoms with Gasteiger partial charge in [0.15, 0.2) is 0 Å². The van der Waals surface area contributed by atoms with Gasteiger partial charge in [-0.15, -0.1) is 11.3 Å². The number of aliphatic hydroxyl groups is 1. The van der Waals surface area contributed by atoms with Gasteiger partial charge in [-0.25, -0.2) is 4.98 Å². The van der Waals surface area contributed by atoms with Crippen molar-refractivity contribution >= 4 is 11.3 Å². The zero-order chi connectivity index (χ0) is 9.26. The van der Waals surface area contributed by atoms with Crippen molar-refractivity contribution in [3.05, 3.63) is 16.1 Å². The van der Waals surface area contributed by atoms with Crippen LogP contribution >= 0.6 is 11.3 Å². The van der Waals surface area contributed by atoms with Crippen molar-refractivity contribution in [3.63, 3.8) is 0 Å². The Morgan fingerprint density at radius 2 is 2.54 bits per heavy atom. The third kappa shape index (κ3) is 2.07. The summed E-state index contributed by atoms with van der Waals surface area (Å²) in [6, 6.07) is 0. The van der Waals surface area contributed by atoms with Gasteiger partial charge in [-0.05, 0) is 6.92 Å². The number of ether oxygens (including phenoxy) is 1. The SMILES string of the molecule is Cc1csc(CC2COCC2O)n1. The molecule has 0 saturated carbocycles. The summed E-state index contributed by atoms with van der Waals surface area (Å²) in [5.41, 5.74) is 1.06. The predicted octanol–water partition coefficient (Wildman–Crippen LogP) is 1.00. The molecular weight excluding hydrogens is 186 g/mol. The Balaban J connectivity index is 1.97. The number of aliphatic hydroxyl groups excluding tert-OH is 1. The van der Waals surface area contributed by atoms with Crippen LogP contribution in [0, 0.1) is 12.8 Å². The monoisotopic (exact) mass is 199 g/mol. The molecule has 1 aliphatic rings. The molecule has 2 unspecified atom stereocenters. The van der Waals surface area contributed by atoms with Crippen LogP contribution in [0.1, 0.15) is 10.7 Å². The topological polar surface area (TPSA) is 42.4 Å². The summed E-state index contributed by atoms with van der Waals surface area (Å²) in [5.74, 6) is 0.241. The molecule has 2 heterocycles. The number of thiazole rings is 1. The number of rotatable bonds is 2. The van der Waals surface area contributed by atoms with Crippen LogP contribution < -0.4 is 0 Å². The summed E-state index contributed by atoms with van der Waals surface area (Å²) in [6.07, 6.45) is 0.545. The Morgan fingerprint density at radius 1 is 1.69 bits per heavy atom. The molecule has 1 aliphatic heterocycles. The molecule has 2 rings (SSSR count). The van der Waals surface area contributed by atoms with Crippen molar-refractivity contribution in [2.75, 3.05) is 13.2 Å². The van der Waals surface area contributed by atoms with Crippen molar-refractivity contribution in [3.8, 4) is 0 Å². The van der Waals surface area contributed by atoms with E-state index >= 15 is 0 Å². The Labute approximate surface area is 81.4 Å². The van der Waals surface area contributed by atoms with E-state index in [9.17, 15) is 5.11 Å². The lowest BCUT2D eigenvalue weighted by Gasteiger charge is -2.09. The van der Waals surface area contributed by atoms with Crippen LogP contribution in [0.2, 0.25) is 0 Å². The van der Waals surface area contributed by atoms with Gasteiger partial charge in [0.2, 0.25) is 0 Å². The number of aromatic nitrogens is 1. The summed E-state index contributed by atoms with van der Waals surface area (Å²) in [5, 5.41) is 12.7. The molecule has 13 heavy (non-hydrogen) atoms. The lowest BCUT2D eigenvalue weighted by molar-refractivity contribution is 0.118. The van der Waals surface area contributed by atoms with E-state index in [1.807, 2.05) is 12.3 Å². The maximum atomic E-state index is 9.51. The molecule has 1 saturated heterocycles. The Kier molecular flexibility index (Phi) is 2.62. The maximum absolute atomic E-state index is 9.51. The van der Waals surface area contributed by atoms with E-state index in [1.54, 1.807) is 11.3 Å². The molecule has 0 bridgehead atoms.